The lowest BCUT2D eigenvalue weighted by molar-refractivity contribution is -0.122. The van der Waals surface area contributed by atoms with Gasteiger partial charge in [0.05, 0.1) is 81.0 Å². The van der Waals surface area contributed by atoms with Gasteiger partial charge in [-0.15, -0.1) is 0 Å². The number of ether oxygens (including phenoxy) is 5. The first-order chi connectivity index (χ1) is 28.7. The molecule has 2 aromatic heterocycles. The number of carbonyl (C=O) groups is 4. The number of aromatic nitrogens is 2. The number of carboxylic acids is 1. The van der Waals surface area contributed by atoms with Crippen LogP contribution in [-0.2, 0) is 23.7 Å². The van der Waals surface area contributed by atoms with Crippen LogP contribution in [-0.4, -0.2) is 111 Å². The predicted octanol–water partition coefficient (Wildman–Crippen LogP) is 6.50. The summed E-state index contributed by atoms with van der Waals surface area (Å²) in [6.45, 7) is 7.36. The molecule has 308 valence electrons. The molecule has 0 fully saturated rings. The van der Waals surface area contributed by atoms with Crippen molar-refractivity contribution >= 4 is 68.0 Å². The number of halogens is 1. The topological polar surface area (TPSA) is 179 Å². The fourth-order valence-electron chi connectivity index (χ4n) is 6.43. The first-order valence-electron chi connectivity index (χ1n) is 19.1. The normalized spacial score (nSPS) is 11.3. The Morgan fingerprint density at radius 3 is 2.10 bits per heavy atom. The molecule has 2 heterocycles. The number of fused-ring (bicyclic) bond motifs is 4. The van der Waals surface area contributed by atoms with Crippen molar-refractivity contribution in [1.82, 2.24) is 20.2 Å². The molecule has 0 aliphatic carbocycles. The van der Waals surface area contributed by atoms with Gasteiger partial charge in [0.25, 0.3) is 11.8 Å². The van der Waals surface area contributed by atoms with Crippen molar-refractivity contribution in [3.63, 3.8) is 0 Å². The third-order valence-electron chi connectivity index (χ3n) is 9.31. The van der Waals surface area contributed by atoms with Crippen molar-refractivity contribution in [1.29, 1.82) is 0 Å². The smallest absolute Gasteiger partial charge is 0.337 e. The van der Waals surface area contributed by atoms with Crippen LogP contribution in [0.3, 0.4) is 0 Å². The van der Waals surface area contributed by atoms with Crippen LogP contribution in [0.5, 0.6) is 5.75 Å². The Morgan fingerprint density at radius 2 is 1.39 bits per heavy atom. The first-order valence-corrected chi connectivity index (χ1v) is 19.5. The molecule has 0 saturated heterocycles. The SMILES string of the molecule is C=CC(=O)n1c2ccccc2c2cc(C(=O)NCCOCCOCCOCCOCCC(=O)NCCOc3ccc(-c4cc5c(C(=O)O)c[nH]c5cc4Cl)cc3)ccc21. The zero-order valence-electron chi connectivity index (χ0n) is 32.3. The highest BCUT2D eigenvalue weighted by molar-refractivity contribution is 6.34. The molecule has 4 aromatic carbocycles. The lowest BCUT2D eigenvalue weighted by atomic mass is 10.0. The highest BCUT2D eigenvalue weighted by Gasteiger charge is 2.17. The molecule has 0 radical (unpaired) electrons. The Balaban J connectivity index is 0.743. The second-order valence-electron chi connectivity index (χ2n) is 13.2. The fraction of sp³-hybridized carbons (Fsp3) is 0.273. The van der Waals surface area contributed by atoms with Gasteiger partial charge in [-0.3, -0.25) is 19.0 Å². The maximum atomic E-state index is 12.8. The summed E-state index contributed by atoms with van der Waals surface area (Å²) in [5, 5.41) is 17.9. The molecule has 15 heteroatoms. The van der Waals surface area contributed by atoms with E-state index in [1.807, 2.05) is 36.4 Å². The van der Waals surface area contributed by atoms with Gasteiger partial charge >= 0.3 is 5.97 Å². The fourth-order valence-corrected chi connectivity index (χ4v) is 6.70. The summed E-state index contributed by atoms with van der Waals surface area (Å²) in [6.07, 6.45) is 2.93. The van der Waals surface area contributed by atoms with E-state index >= 15 is 0 Å². The lowest BCUT2D eigenvalue weighted by Gasteiger charge is -2.10. The maximum absolute atomic E-state index is 12.8. The number of amides is 2. The Labute approximate surface area is 345 Å². The van der Waals surface area contributed by atoms with Gasteiger partial charge in [0.1, 0.15) is 12.4 Å². The van der Waals surface area contributed by atoms with Crippen molar-refractivity contribution in [2.45, 2.75) is 6.42 Å². The van der Waals surface area contributed by atoms with Gasteiger partial charge in [0, 0.05) is 52.0 Å². The number of nitrogens with zero attached hydrogens (tertiary/aromatic N) is 1. The van der Waals surface area contributed by atoms with Crippen LogP contribution in [0, 0.1) is 0 Å². The van der Waals surface area contributed by atoms with Crippen molar-refractivity contribution in [3.8, 4) is 16.9 Å². The third kappa shape index (κ3) is 11.1. The van der Waals surface area contributed by atoms with Gasteiger partial charge in [0.15, 0.2) is 0 Å². The second kappa shape index (κ2) is 21.1. The molecule has 0 spiro atoms. The summed E-state index contributed by atoms with van der Waals surface area (Å²) < 4.78 is 29.4. The van der Waals surface area contributed by atoms with Gasteiger partial charge in [-0.25, -0.2) is 4.79 Å². The van der Waals surface area contributed by atoms with E-state index in [1.54, 1.807) is 47.0 Å². The Hall–Kier alpha value is -6.03. The van der Waals surface area contributed by atoms with Crippen LogP contribution in [0.2, 0.25) is 5.02 Å². The maximum Gasteiger partial charge on any atom is 0.337 e. The number of aromatic amines is 1. The number of carboxylic acid groups (broad SMARTS) is 1. The number of carbonyl (C=O) groups excluding carboxylic acids is 3. The monoisotopic (exact) mass is 824 g/mol. The van der Waals surface area contributed by atoms with Crippen LogP contribution < -0.4 is 15.4 Å². The summed E-state index contributed by atoms with van der Waals surface area (Å²) in [4.78, 5) is 51.9. The molecule has 0 atom stereocenters. The van der Waals surface area contributed by atoms with E-state index < -0.39 is 5.97 Å². The molecule has 6 rings (SSSR count). The standard InChI is InChI=1S/C44H45ClN4O10/c1-2-42(51)49-39-6-4-3-5-32(39)35-25-30(9-12-40(35)49)43(52)47-14-17-56-20-22-58-24-23-57-21-19-55-16-13-41(50)46-15-18-59-31-10-7-29(8-11-31)33-26-34-36(44(53)54)28-48-38(34)27-37(33)45/h2-12,25-28,48H,1,13-24H2,(H,46,50)(H,47,52)(H,53,54). The zero-order valence-corrected chi connectivity index (χ0v) is 33.1. The van der Waals surface area contributed by atoms with Gasteiger partial charge in [-0.1, -0.05) is 48.5 Å². The molecule has 0 unspecified atom stereocenters. The molecule has 6 aromatic rings. The summed E-state index contributed by atoms with van der Waals surface area (Å²) in [7, 11) is 0. The molecule has 59 heavy (non-hydrogen) atoms. The van der Waals surface area contributed by atoms with Gasteiger partial charge in [-0.05, 0) is 60.2 Å². The van der Waals surface area contributed by atoms with E-state index in [4.69, 9.17) is 35.3 Å². The lowest BCUT2D eigenvalue weighted by Crippen LogP contribution is -2.29. The minimum atomic E-state index is -1.02. The van der Waals surface area contributed by atoms with Crippen LogP contribution in [0.15, 0.2) is 97.7 Å². The third-order valence-corrected chi connectivity index (χ3v) is 9.62. The van der Waals surface area contributed by atoms with E-state index in [1.165, 1.54) is 12.3 Å². The molecule has 4 N–H and O–H groups in total. The number of nitrogens with one attached hydrogen (secondary N) is 3. The molecule has 2 amide bonds. The average Bonchev–Trinajstić information content (AvgIpc) is 3.82. The molecule has 0 saturated carbocycles. The van der Waals surface area contributed by atoms with Crippen molar-refractivity contribution in [2.24, 2.45) is 0 Å². The first kappa shape index (κ1) is 42.6. The molecular formula is C44H45ClN4O10. The minimum absolute atomic E-state index is 0.153. The summed E-state index contributed by atoms with van der Waals surface area (Å²) >= 11 is 6.47. The van der Waals surface area contributed by atoms with E-state index in [9.17, 15) is 24.3 Å². The summed E-state index contributed by atoms with van der Waals surface area (Å²) in [5.41, 5.74) is 4.30. The van der Waals surface area contributed by atoms with Gasteiger partial charge in [0.2, 0.25) is 5.91 Å². The summed E-state index contributed by atoms with van der Waals surface area (Å²) in [6, 6.07) is 23.5. The molecule has 14 nitrogen and oxygen atoms in total. The van der Waals surface area contributed by atoms with E-state index in [-0.39, 0.29) is 42.9 Å². The molecule has 0 bridgehead atoms. The van der Waals surface area contributed by atoms with Crippen LogP contribution >= 0.6 is 11.6 Å². The Morgan fingerprint density at radius 1 is 0.729 bits per heavy atom. The molecule has 0 aliphatic heterocycles. The predicted molar refractivity (Wildman–Crippen MR) is 225 cm³/mol. The minimum Gasteiger partial charge on any atom is -0.492 e. The van der Waals surface area contributed by atoms with Crippen LogP contribution in [0.25, 0.3) is 43.8 Å². The Bertz CT molecular complexity index is 2420. The van der Waals surface area contributed by atoms with Crippen LogP contribution in [0.1, 0.15) is 31.9 Å². The number of H-pyrrole nitrogens is 1. The van der Waals surface area contributed by atoms with E-state index in [2.05, 4.69) is 22.2 Å². The van der Waals surface area contributed by atoms with Gasteiger partial charge in [-0.2, -0.15) is 0 Å². The largest absolute Gasteiger partial charge is 0.492 e. The quantitative estimate of drug-likeness (QED) is 0.0412. The number of allylic oxidation sites excluding steroid dienone is 1. The number of para-hydroxylation sites is 1. The van der Waals surface area contributed by atoms with Crippen molar-refractivity contribution in [2.75, 3.05) is 72.6 Å². The van der Waals surface area contributed by atoms with Crippen molar-refractivity contribution < 1.29 is 48.0 Å². The average molecular weight is 825 g/mol. The van der Waals surface area contributed by atoms with E-state index in [0.29, 0.717) is 97.7 Å². The number of aromatic carboxylic acids is 1. The number of rotatable bonds is 23. The highest BCUT2D eigenvalue weighted by atomic mass is 35.5. The Kier molecular flexibility index (Phi) is 15.2. The summed E-state index contributed by atoms with van der Waals surface area (Å²) in [5.74, 6) is -1.02. The number of hydrogen-bond acceptors (Lipinski definition) is 9. The highest BCUT2D eigenvalue weighted by Crippen LogP contribution is 2.34. The number of hydrogen-bond donors (Lipinski definition) is 4. The van der Waals surface area contributed by atoms with Crippen molar-refractivity contribution in [3.05, 3.63) is 114 Å². The molecule has 0 aliphatic rings. The molecular weight excluding hydrogens is 780 g/mol. The van der Waals surface area contributed by atoms with Gasteiger partial charge < -0.3 is 44.4 Å². The number of benzene rings is 4. The second-order valence-corrected chi connectivity index (χ2v) is 13.6. The van der Waals surface area contributed by atoms with E-state index in [0.717, 1.165) is 21.9 Å². The zero-order chi connectivity index (χ0) is 41.6. The van der Waals surface area contributed by atoms with Crippen LogP contribution in [0.4, 0.5) is 0 Å².